The SMILES string of the molecule is CC(C)OCCCCNCCCn1ccnc1. The van der Waals surface area contributed by atoms with Crippen molar-refractivity contribution < 1.29 is 4.74 Å². The molecular weight excluding hydrogens is 214 g/mol. The van der Waals surface area contributed by atoms with Gasteiger partial charge in [0.2, 0.25) is 0 Å². The number of nitrogens with one attached hydrogen (secondary N) is 1. The summed E-state index contributed by atoms with van der Waals surface area (Å²) in [6, 6.07) is 0. The third kappa shape index (κ3) is 7.94. The fourth-order valence-corrected chi connectivity index (χ4v) is 1.60. The Hall–Kier alpha value is -0.870. The summed E-state index contributed by atoms with van der Waals surface area (Å²) in [7, 11) is 0. The van der Waals surface area contributed by atoms with Crippen molar-refractivity contribution in [2.75, 3.05) is 19.7 Å². The number of imidazole rings is 1. The molecule has 4 heteroatoms. The van der Waals surface area contributed by atoms with Crippen LogP contribution in [0, 0.1) is 0 Å². The zero-order chi connectivity index (χ0) is 12.3. The molecule has 0 unspecified atom stereocenters. The Kier molecular flexibility index (Phi) is 7.67. The quantitative estimate of drug-likeness (QED) is 0.635. The minimum atomic E-state index is 0.359. The summed E-state index contributed by atoms with van der Waals surface area (Å²) in [4.78, 5) is 4.01. The lowest BCUT2D eigenvalue weighted by molar-refractivity contribution is 0.0760. The molecule has 4 nitrogen and oxygen atoms in total. The topological polar surface area (TPSA) is 39.1 Å². The molecule has 1 N–H and O–H groups in total. The molecule has 17 heavy (non-hydrogen) atoms. The minimum absolute atomic E-state index is 0.359. The summed E-state index contributed by atoms with van der Waals surface area (Å²) < 4.78 is 7.59. The summed E-state index contributed by atoms with van der Waals surface area (Å²) in [6.45, 7) is 8.25. The van der Waals surface area contributed by atoms with Gasteiger partial charge in [0.15, 0.2) is 0 Å². The van der Waals surface area contributed by atoms with Crippen molar-refractivity contribution in [2.24, 2.45) is 0 Å². The van der Waals surface area contributed by atoms with Gasteiger partial charge in [-0.2, -0.15) is 0 Å². The maximum absolute atomic E-state index is 5.48. The Balaban J connectivity index is 1.79. The van der Waals surface area contributed by atoms with Crippen LogP contribution in [0.1, 0.15) is 33.1 Å². The molecule has 0 amide bonds. The van der Waals surface area contributed by atoms with E-state index in [2.05, 4.69) is 28.7 Å². The predicted molar refractivity (Wildman–Crippen MR) is 70.0 cm³/mol. The first-order chi connectivity index (χ1) is 8.29. The third-order valence-electron chi connectivity index (χ3n) is 2.53. The maximum atomic E-state index is 5.48. The maximum Gasteiger partial charge on any atom is 0.0945 e. The molecule has 1 heterocycles. The molecule has 0 aliphatic heterocycles. The molecule has 0 saturated heterocycles. The molecule has 0 spiro atoms. The molecule has 0 bridgehead atoms. The average molecular weight is 239 g/mol. The summed E-state index contributed by atoms with van der Waals surface area (Å²) in [5, 5.41) is 3.45. The predicted octanol–water partition coefficient (Wildman–Crippen LogP) is 2.07. The van der Waals surface area contributed by atoms with Gasteiger partial charge in [-0.05, 0) is 46.2 Å². The normalized spacial score (nSPS) is 11.2. The van der Waals surface area contributed by atoms with Crippen molar-refractivity contribution in [2.45, 2.75) is 45.8 Å². The van der Waals surface area contributed by atoms with Crippen LogP contribution >= 0.6 is 0 Å². The number of aromatic nitrogens is 2. The third-order valence-corrected chi connectivity index (χ3v) is 2.53. The molecule has 1 aromatic heterocycles. The van der Waals surface area contributed by atoms with Crippen LogP contribution in [0.2, 0.25) is 0 Å². The number of hydrogen-bond acceptors (Lipinski definition) is 3. The van der Waals surface area contributed by atoms with Gasteiger partial charge >= 0.3 is 0 Å². The number of nitrogens with zero attached hydrogens (tertiary/aromatic N) is 2. The van der Waals surface area contributed by atoms with Crippen molar-refractivity contribution in [1.29, 1.82) is 0 Å². The second-order valence-electron chi connectivity index (χ2n) is 4.53. The highest BCUT2D eigenvalue weighted by molar-refractivity contribution is 4.73. The smallest absolute Gasteiger partial charge is 0.0945 e. The van der Waals surface area contributed by atoms with E-state index in [-0.39, 0.29) is 0 Å². The van der Waals surface area contributed by atoms with E-state index in [0.29, 0.717) is 6.10 Å². The first-order valence-corrected chi connectivity index (χ1v) is 6.57. The molecule has 0 aliphatic carbocycles. The highest BCUT2D eigenvalue weighted by atomic mass is 16.5. The zero-order valence-electron chi connectivity index (χ0n) is 11.1. The van der Waals surface area contributed by atoms with Crippen molar-refractivity contribution in [1.82, 2.24) is 14.9 Å². The largest absolute Gasteiger partial charge is 0.379 e. The van der Waals surface area contributed by atoms with Crippen LogP contribution in [0.25, 0.3) is 0 Å². The second-order valence-corrected chi connectivity index (χ2v) is 4.53. The van der Waals surface area contributed by atoms with Gasteiger partial charge in [-0.3, -0.25) is 0 Å². The van der Waals surface area contributed by atoms with E-state index >= 15 is 0 Å². The monoisotopic (exact) mass is 239 g/mol. The van der Waals surface area contributed by atoms with Gasteiger partial charge in [0, 0.05) is 25.5 Å². The number of aryl methyl sites for hydroxylation is 1. The van der Waals surface area contributed by atoms with E-state index in [1.165, 1.54) is 6.42 Å². The van der Waals surface area contributed by atoms with Crippen LogP contribution in [0.4, 0.5) is 0 Å². The van der Waals surface area contributed by atoms with Crippen LogP contribution in [-0.4, -0.2) is 35.4 Å². The molecular formula is C13H25N3O. The van der Waals surface area contributed by atoms with Gasteiger partial charge in [0.1, 0.15) is 0 Å². The fraction of sp³-hybridized carbons (Fsp3) is 0.769. The van der Waals surface area contributed by atoms with E-state index in [0.717, 1.165) is 39.1 Å². The van der Waals surface area contributed by atoms with Crippen LogP contribution in [-0.2, 0) is 11.3 Å². The van der Waals surface area contributed by atoms with Gasteiger partial charge < -0.3 is 14.6 Å². The molecule has 0 aromatic carbocycles. The molecule has 0 aliphatic rings. The molecule has 0 saturated carbocycles. The highest BCUT2D eigenvalue weighted by Gasteiger charge is 1.94. The summed E-state index contributed by atoms with van der Waals surface area (Å²) in [5.74, 6) is 0. The first-order valence-electron chi connectivity index (χ1n) is 6.57. The van der Waals surface area contributed by atoms with Crippen molar-refractivity contribution in [3.8, 4) is 0 Å². The standard InChI is InChI=1S/C13H25N3O/c1-13(2)17-11-4-3-6-14-7-5-9-16-10-8-15-12-16/h8,10,12-14H,3-7,9,11H2,1-2H3. The van der Waals surface area contributed by atoms with Crippen LogP contribution in [0.5, 0.6) is 0 Å². The number of ether oxygens (including phenoxy) is 1. The van der Waals surface area contributed by atoms with Gasteiger partial charge in [0.25, 0.3) is 0 Å². The Labute approximate surface area is 104 Å². The lowest BCUT2D eigenvalue weighted by Crippen LogP contribution is -2.18. The zero-order valence-corrected chi connectivity index (χ0v) is 11.1. The number of rotatable bonds is 10. The fourth-order valence-electron chi connectivity index (χ4n) is 1.60. The molecule has 1 rings (SSSR count). The van der Waals surface area contributed by atoms with Crippen LogP contribution < -0.4 is 5.32 Å². The van der Waals surface area contributed by atoms with E-state index in [9.17, 15) is 0 Å². The second kappa shape index (κ2) is 9.19. The van der Waals surface area contributed by atoms with Crippen molar-refractivity contribution in [3.63, 3.8) is 0 Å². The molecule has 0 atom stereocenters. The lowest BCUT2D eigenvalue weighted by Gasteiger charge is -2.08. The highest BCUT2D eigenvalue weighted by Crippen LogP contribution is 1.94. The Morgan fingerprint density at radius 1 is 1.24 bits per heavy atom. The Morgan fingerprint density at radius 2 is 2.06 bits per heavy atom. The minimum Gasteiger partial charge on any atom is -0.379 e. The molecule has 0 radical (unpaired) electrons. The van der Waals surface area contributed by atoms with Gasteiger partial charge in [-0.25, -0.2) is 4.98 Å². The van der Waals surface area contributed by atoms with E-state index in [1.54, 1.807) is 0 Å². The molecule has 98 valence electrons. The summed E-state index contributed by atoms with van der Waals surface area (Å²) in [6.07, 6.45) is 9.54. The van der Waals surface area contributed by atoms with Gasteiger partial charge in [-0.1, -0.05) is 0 Å². The Morgan fingerprint density at radius 3 is 2.76 bits per heavy atom. The first kappa shape index (κ1) is 14.2. The van der Waals surface area contributed by atoms with E-state index < -0.39 is 0 Å². The molecule has 0 fully saturated rings. The van der Waals surface area contributed by atoms with Crippen LogP contribution in [0.15, 0.2) is 18.7 Å². The van der Waals surface area contributed by atoms with Gasteiger partial charge in [0.05, 0.1) is 12.4 Å². The van der Waals surface area contributed by atoms with E-state index in [4.69, 9.17) is 4.74 Å². The van der Waals surface area contributed by atoms with Crippen molar-refractivity contribution >= 4 is 0 Å². The summed E-state index contributed by atoms with van der Waals surface area (Å²) in [5.41, 5.74) is 0. The number of unbranched alkanes of at least 4 members (excludes halogenated alkanes) is 1. The number of hydrogen-bond donors (Lipinski definition) is 1. The van der Waals surface area contributed by atoms with Gasteiger partial charge in [-0.15, -0.1) is 0 Å². The van der Waals surface area contributed by atoms with E-state index in [1.807, 2.05) is 18.7 Å². The summed E-state index contributed by atoms with van der Waals surface area (Å²) >= 11 is 0. The van der Waals surface area contributed by atoms with Crippen LogP contribution in [0.3, 0.4) is 0 Å². The average Bonchev–Trinajstić information content (AvgIpc) is 2.79. The lowest BCUT2D eigenvalue weighted by atomic mass is 10.3. The van der Waals surface area contributed by atoms with Crippen molar-refractivity contribution in [3.05, 3.63) is 18.7 Å². The Bertz CT molecular complexity index is 260. The molecule has 1 aromatic rings.